The first-order valence-electron chi connectivity index (χ1n) is 9.24. The van der Waals surface area contributed by atoms with Crippen LogP contribution in [-0.2, 0) is 11.3 Å². The molecule has 144 valence electrons. The molecule has 1 heterocycles. The Morgan fingerprint density at radius 2 is 1.89 bits per heavy atom. The summed E-state index contributed by atoms with van der Waals surface area (Å²) in [6.07, 6.45) is 1.90. The van der Waals surface area contributed by atoms with Crippen LogP contribution in [0.1, 0.15) is 31.4 Å². The van der Waals surface area contributed by atoms with E-state index in [-0.39, 0.29) is 18.5 Å². The number of nitrogens with zero attached hydrogens (tertiary/aromatic N) is 2. The molecule has 2 aromatic carbocycles. The van der Waals surface area contributed by atoms with Gasteiger partial charge in [-0.15, -0.1) is 0 Å². The molecule has 28 heavy (non-hydrogen) atoms. The third kappa shape index (κ3) is 3.47. The number of fused-ring (bicyclic) bond motifs is 1. The average molecular weight is 398 g/mol. The average Bonchev–Trinajstić information content (AvgIpc) is 3.49. The van der Waals surface area contributed by atoms with Crippen LogP contribution in [-0.4, -0.2) is 21.1 Å². The number of amides is 1. The number of aromatic nitrogens is 2. The molecule has 1 fully saturated rings. The van der Waals surface area contributed by atoms with E-state index < -0.39 is 17.3 Å². The van der Waals surface area contributed by atoms with Crippen molar-refractivity contribution in [2.45, 2.75) is 38.4 Å². The minimum atomic E-state index is -0.767. The Labute approximate surface area is 166 Å². The molecule has 1 amide bonds. The smallest absolute Gasteiger partial charge is 0.332 e. The van der Waals surface area contributed by atoms with Crippen molar-refractivity contribution >= 4 is 28.4 Å². The van der Waals surface area contributed by atoms with Gasteiger partial charge in [-0.1, -0.05) is 41.9 Å². The fraction of sp³-hybridized carbons (Fsp3) is 0.286. The van der Waals surface area contributed by atoms with E-state index in [0.717, 1.165) is 18.4 Å². The molecular weight excluding hydrogens is 378 g/mol. The SMILES string of the molecule is C[C@H](C(=O)NC1CC1)n1c(=O)n(Cc2ccccc2)c(=O)c2ccc(Cl)cc21. The van der Waals surface area contributed by atoms with E-state index in [2.05, 4.69) is 5.32 Å². The van der Waals surface area contributed by atoms with E-state index >= 15 is 0 Å². The first kappa shape index (κ1) is 18.5. The molecule has 0 aliphatic heterocycles. The Morgan fingerprint density at radius 1 is 1.18 bits per heavy atom. The fourth-order valence-corrected chi connectivity index (χ4v) is 3.46. The van der Waals surface area contributed by atoms with Crippen molar-refractivity contribution in [3.05, 3.63) is 80.0 Å². The summed E-state index contributed by atoms with van der Waals surface area (Å²) in [6.45, 7) is 1.80. The summed E-state index contributed by atoms with van der Waals surface area (Å²) in [5.74, 6) is -0.240. The van der Waals surface area contributed by atoms with Gasteiger partial charge in [-0.25, -0.2) is 4.79 Å². The summed E-state index contributed by atoms with van der Waals surface area (Å²) >= 11 is 6.12. The Hall–Kier alpha value is -2.86. The molecule has 4 rings (SSSR count). The van der Waals surface area contributed by atoms with Crippen molar-refractivity contribution in [2.75, 3.05) is 0 Å². The Bertz CT molecular complexity index is 1160. The van der Waals surface area contributed by atoms with Gasteiger partial charge in [0, 0.05) is 11.1 Å². The van der Waals surface area contributed by atoms with E-state index in [4.69, 9.17) is 11.6 Å². The number of hydrogen-bond acceptors (Lipinski definition) is 3. The highest BCUT2D eigenvalue weighted by atomic mass is 35.5. The first-order chi connectivity index (χ1) is 13.5. The highest BCUT2D eigenvalue weighted by Gasteiger charge is 2.28. The number of carbonyl (C=O) groups is 1. The maximum atomic E-state index is 13.3. The summed E-state index contributed by atoms with van der Waals surface area (Å²) in [7, 11) is 0. The fourth-order valence-electron chi connectivity index (χ4n) is 3.30. The van der Waals surface area contributed by atoms with Gasteiger partial charge in [0.1, 0.15) is 6.04 Å². The van der Waals surface area contributed by atoms with Gasteiger partial charge < -0.3 is 5.32 Å². The van der Waals surface area contributed by atoms with E-state index in [1.807, 2.05) is 30.3 Å². The number of nitrogens with one attached hydrogen (secondary N) is 1. The van der Waals surface area contributed by atoms with Gasteiger partial charge in [0.25, 0.3) is 5.56 Å². The molecule has 1 N–H and O–H groups in total. The Morgan fingerprint density at radius 3 is 2.57 bits per heavy atom. The zero-order valence-corrected chi connectivity index (χ0v) is 16.1. The molecule has 3 aromatic rings. The zero-order valence-electron chi connectivity index (χ0n) is 15.4. The van der Waals surface area contributed by atoms with Crippen LogP contribution in [0.2, 0.25) is 5.02 Å². The second kappa shape index (κ2) is 7.28. The van der Waals surface area contributed by atoms with Crippen LogP contribution in [0.25, 0.3) is 10.9 Å². The lowest BCUT2D eigenvalue weighted by molar-refractivity contribution is -0.124. The highest BCUT2D eigenvalue weighted by molar-refractivity contribution is 6.31. The van der Waals surface area contributed by atoms with Gasteiger partial charge in [-0.3, -0.25) is 18.7 Å². The topological polar surface area (TPSA) is 73.1 Å². The van der Waals surface area contributed by atoms with E-state index in [9.17, 15) is 14.4 Å². The maximum absolute atomic E-state index is 13.3. The molecule has 1 atom stereocenters. The summed E-state index contributed by atoms with van der Waals surface area (Å²) in [5, 5.41) is 3.67. The molecule has 1 aromatic heterocycles. The normalized spacial score (nSPS) is 14.8. The minimum Gasteiger partial charge on any atom is -0.352 e. The van der Waals surface area contributed by atoms with Gasteiger partial charge in [0.15, 0.2) is 0 Å². The zero-order chi connectivity index (χ0) is 19.8. The van der Waals surface area contributed by atoms with Crippen LogP contribution < -0.4 is 16.6 Å². The van der Waals surface area contributed by atoms with Crippen LogP contribution in [0.15, 0.2) is 58.1 Å². The molecular formula is C21H20ClN3O3. The summed E-state index contributed by atoms with van der Waals surface area (Å²) in [5.41, 5.74) is 0.274. The van der Waals surface area contributed by atoms with Crippen molar-refractivity contribution in [1.29, 1.82) is 0 Å². The Balaban J connectivity index is 1.90. The second-order valence-electron chi connectivity index (χ2n) is 7.15. The second-order valence-corrected chi connectivity index (χ2v) is 7.59. The molecule has 1 saturated carbocycles. The number of benzene rings is 2. The van der Waals surface area contributed by atoms with Crippen LogP contribution >= 0.6 is 11.6 Å². The lowest BCUT2D eigenvalue weighted by atomic mass is 10.2. The molecule has 0 unspecified atom stereocenters. The third-order valence-electron chi connectivity index (χ3n) is 5.01. The van der Waals surface area contributed by atoms with Gasteiger partial charge >= 0.3 is 5.69 Å². The lowest BCUT2D eigenvalue weighted by Crippen LogP contribution is -2.44. The van der Waals surface area contributed by atoms with Crippen LogP contribution in [0.3, 0.4) is 0 Å². The van der Waals surface area contributed by atoms with Crippen molar-refractivity contribution in [1.82, 2.24) is 14.5 Å². The van der Waals surface area contributed by atoms with Crippen LogP contribution in [0.4, 0.5) is 0 Å². The minimum absolute atomic E-state index is 0.133. The largest absolute Gasteiger partial charge is 0.352 e. The third-order valence-corrected chi connectivity index (χ3v) is 5.24. The van der Waals surface area contributed by atoms with E-state index in [1.54, 1.807) is 25.1 Å². The maximum Gasteiger partial charge on any atom is 0.332 e. The standard InChI is InChI=1S/C21H20ClN3O3/c1-13(19(26)23-16-8-9-16)25-18-11-15(22)7-10-17(18)20(27)24(21(25)28)12-14-5-3-2-4-6-14/h2-7,10-11,13,16H,8-9,12H2,1H3,(H,23,26)/t13-/m1/s1. The van der Waals surface area contributed by atoms with E-state index in [1.165, 1.54) is 9.13 Å². The summed E-state index contributed by atoms with van der Waals surface area (Å²) < 4.78 is 2.54. The molecule has 0 bridgehead atoms. The van der Waals surface area contributed by atoms with Crippen LogP contribution in [0, 0.1) is 0 Å². The number of halogens is 1. The number of hydrogen-bond donors (Lipinski definition) is 1. The first-order valence-corrected chi connectivity index (χ1v) is 9.62. The molecule has 7 heteroatoms. The molecule has 0 saturated heterocycles. The van der Waals surface area contributed by atoms with Gasteiger partial charge in [0.2, 0.25) is 5.91 Å². The molecule has 6 nitrogen and oxygen atoms in total. The van der Waals surface area contributed by atoms with Crippen molar-refractivity contribution in [2.24, 2.45) is 0 Å². The van der Waals surface area contributed by atoms with Crippen LogP contribution in [0.5, 0.6) is 0 Å². The monoisotopic (exact) mass is 397 g/mol. The van der Waals surface area contributed by atoms with Gasteiger partial charge in [0.05, 0.1) is 17.4 Å². The van der Waals surface area contributed by atoms with E-state index in [0.29, 0.717) is 15.9 Å². The number of carbonyl (C=O) groups excluding carboxylic acids is 1. The predicted molar refractivity (Wildman–Crippen MR) is 109 cm³/mol. The van der Waals surface area contributed by atoms with Gasteiger partial charge in [-0.2, -0.15) is 0 Å². The Kier molecular flexibility index (Phi) is 4.81. The van der Waals surface area contributed by atoms with Crippen molar-refractivity contribution < 1.29 is 4.79 Å². The molecule has 0 radical (unpaired) electrons. The molecule has 0 spiro atoms. The lowest BCUT2D eigenvalue weighted by Gasteiger charge is -2.19. The molecule has 1 aliphatic carbocycles. The van der Waals surface area contributed by atoms with Crippen molar-refractivity contribution in [3.8, 4) is 0 Å². The van der Waals surface area contributed by atoms with Crippen molar-refractivity contribution in [3.63, 3.8) is 0 Å². The van der Waals surface area contributed by atoms with Gasteiger partial charge in [-0.05, 0) is 43.5 Å². The highest BCUT2D eigenvalue weighted by Crippen LogP contribution is 2.22. The number of rotatable bonds is 5. The molecule has 1 aliphatic rings. The quantitative estimate of drug-likeness (QED) is 0.719. The summed E-state index contributed by atoms with van der Waals surface area (Å²) in [4.78, 5) is 38.9. The predicted octanol–water partition coefficient (Wildman–Crippen LogP) is 2.70. The summed E-state index contributed by atoms with van der Waals surface area (Å²) in [6, 6.07) is 13.5.